The second-order valence-corrected chi connectivity index (χ2v) is 6.28. The Hall–Kier alpha value is -1.22. The molecule has 2 fully saturated rings. The van der Waals surface area contributed by atoms with Crippen molar-refractivity contribution >= 4 is 0 Å². The van der Waals surface area contributed by atoms with Crippen LogP contribution in [0.3, 0.4) is 0 Å². The number of nitrogens with one attached hydrogen (secondary N) is 1. The molecule has 21 heavy (non-hydrogen) atoms. The number of piperidine rings is 1. The Kier molecular flexibility index (Phi) is 5.39. The third-order valence-corrected chi connectivity index (χ3v) is 4.58. The number of benzene rings is 1. The summed E-state index contributed by atoms with van der Waals surface area (Å²) in [4.78, 5) is 0. The van der Waals surface area contributed by atoms with Crippen LogP contribution >= 0.6 is 0 Å². The van der Waals surface area contributed by atoms with E-state index in [2.05, 4.69) is 5.32 Å². The zero-order valence-electron chi connectivity index (χ0n) is 12.9. The van der Waals surface area contributed by atoms with Crippen molar-refractivity contribution in [2.75, 3.05) is 13.2 Å². The molecule has 1 atom stereocenters. The fourth-order valence-electron chi connectivity index (χ4n) is 3.30. The van der Waals surface area contributed by atoms with Crippen molar-refractivity contribution in [3.63, 3.8) is 0 Å². The highest BCUT2D eigenvalue weighted by atomic mass is 16.5. The van der Waals surface area contributed by atoms with Gasteiger partial charge in [0, 0.05) is 6.04 Å². The Bertz CT molecular complexity index is 406. The maximum atomic E-state index is 5.96. The molecule has 1 N–H and O–H groups in total. The van der Waals surface area contributed by atoms with Gasteiger partial charge in [-0.1, -0.05) is 6.42 Å². The van der Waals surface area contributed by atoms with E-state index in [-0.39, 0.29) is 0 Å². The summed E-state index contributed by atoms with van der Waals surface area (Å²) in [5, 5.41) is 3.55. The van der Waals surface area contributed by atoms with Crippen molar-refractivity contribution in [3.05, 3.63) is 24.3 Å². The minimum Gasteiger partial charge on any atom is -0.494 e. The fourth-order valence-corrected chi connectivity index (χ4v) is 3.30. The van der Waals surface area contributed by atoms with Crippen LogP contribution in [0.4, 0.5) is 0 Å². The first kappa shape index (κ1) is 14.7. The van der Waals surface area contributed by atoms with Gasteiger partial charge >= 0.3 is 0 Å². The normalized spacial score (nSPS) is 23.1. The Balaban J connectivity index is 1.39. The molecule has 2 aliphatic rings. The van der Waals surface area contributed by atoms with E-state index in [1.54, 1.807) is 0 Å². The van der Waals surface area contributed by atoms with Crippen molar-refractivity contribution in [2.45, 2.75) is 63.5 Å². The molecule has 3 nitrogen and oxygen atoms in total. The van der Waals surface area contributed by atoms with E-state index < -0.39 is 0 Å². The molecule has 1 saturated heterocycles. The van der Waals surface area contributed by atoms with Gasteiger partial charge in [-0.2, -0.15) is 0 Å². The van der Waals surface area contributed by atoms with Crippen molar-refractivity contribution in [3.8, 4) is 11.5 Å². The summed E-state index contributed by atoms with van der Waals surface area (Å²) < 4.78 is 11.8. The molecule has 0 aromatic heterocycles. The summed E-state index contributed by atoms with van der Waals surface area (Å²) in [5.41, 5.74) is 0. The van der Waals surface area contributed by atoms with Gasteiger partial charge in [-0.3, -0.25) is 0 Å². The van der Waals surface area contributed by atoms with Crippen LogP contribution in [0.5, 0.6) is 11.5 Å². The van der Waals surface area contributed by atoms with Crippen LogP contribution in [0, 0.1) is 0 Å². The van der Waals surface area contributed by atoms with E-state index in [9.17, 15) is 0 Å². The molecular formula is C18H27NO2. The Morgan fingerprint density at radius 2 is 1.62 bits per heavy atom. The molecule has 0 radical (unpaired) electrons. The Morgan fingerprint density at radius 3 is 2.33 bits per heavy atom. The molecule has 1 unspecified atom stereocenters. The molecule has 1 heterocycles. The predicted octanol–water partition coefficient (Wildman–Crippen LogP) is 3.92. The Morgan fingerprint density at radius 1 is 0.905 bits per heavy atom. The summed E-state index contributed by atoms with van der Waals surface area (Å²) in [6.07, 6.45) is 10.5. The smallest absolute Gasteiger partial charge is 0.119 e. The van der Waals surface area contributed by atoms with Gasteiger partial charge in [0.25, 0.3) is 0 Å². The standard InChI is InChI=1S/C18H27NO2/c1-2-7-17(6-1)21-18-10-8-16(9-11-18)20-14-12-15-5-3-4-13-19-15/h8-11,15,17,19H,1-7,12-14H2. The van der Waals surface area contributed by atoms with Crippen LogP contribution < -0.4 is 14.8 Å². The largest absolute Gasteiger partial charge is 0.494 e. The number of hydrogen-bond acceptors (Lipinski definition) is 3. The summed E-state index contributed by atoms with van der Waals surface area (Å²) in [6, 6.07) is 8.76. The van der Waals surface area contributed by atoms with Crippen molar-refractivity contribution < 1.29 is 9.47 Å². The molecule has 1 aromatic carbocycles. The minimum atomic E-state index is 0.425. The number of rotatable bonds is 6. The van der Waals surface area contributed by atoms with Gasteiger partial charge in [0.1, 0.15) is 11.5 Å². The first-order valence-corrected chi connectivity index (χ1v) is 8.53. The van der Waals surface area contributed by atoms with Crippen LogP contribution in [-0.2, 0) is 0 Å². The van der Waals surface area contributed by atoms with E-state index >= 15 is 0 Å². The topological polar surface area (TPSA) is 30.5 Å². The van der Waals surface area contributed by atoms with Crippen LogP contribution in [0.2, 0.25) is 0 Å². The second kappa shape index (κ2) is 7.69. The van der Waals surface area contributed by atoms with Crippen molar-refractivity contribution in [1.82, 2.24) is 5.32 Å². The van der Waals surface area contributed by atoms with Gasteiger partial charge in [0.2, 0.25) is 0 Å². The fraction of sp³-hybridized carbons (Fsp3) is 0.667. The van der Waals surface area contributed by atoms with Gasteiger partial charge in [-0.25, -0.2) is 0 Å². The maximum Gasteiger partial charge on any atom is 0.119 e. The van der Waals surface area contributed by atoms with E-state index in [1.165, 1.54) is 44.9 Å². The molecule has 0 spiro atoms. The molecular weight excluding hydrogens is 262 g/mol. The molecule has 0 bridgehead atoms. The number of hydrogen-bond donors (Lipinski definition) is 1. The molecule has 0 amide bonds. The molecule has 1 aliphatic heterocycles. The highest BCUT2D eigenvalue weighted by molar-refractivity contribution is 5.31. The van der Waals surface area contributed by atoms with E-state index in [0.717, 1.165) is 31.1 Å². The quantitative estimate of drug-likeness (QED) is 0.861. The van der Waals surface area contributed by atoms with E-state index in [1.807, 2.05) is 24.3 Å². The molecule has 3 heteroatoms. The van der Waals surface area contributed by atoms with Gasteiger partial charge in [0.15, 0.2) is 0 Å². The van der Waals surface area contributed by atoms with Crippen LogP contribution in [0.1, 0.15) is 51.4 Å². The van der Waals surface area contributed by atoms with Gasteiger partial charge in [-0.15, -0.1) is 0 Å². The number of ether oxygens (including phenoxy) is 2. The van der Waals surface area contributed by atoms with Crippen LogP contribution in [0.15, 0.2) is 24.3 Å². The average molecular weight is 289 g/mol. The molecule has 1 saturated carbocycles. The molecule has 116 valence electrons. The lowest BCUT2D eigenvalue weighted by atomic mass is 10.0. The first-order chi connectivity index (χ1) is 10.4. The van der Waals surface area contributed by atoms with Crippen molar-refractivity contribution in [1.29, 1.82) is 0 Å². The van der Waals surface area contributed by atoms with Crippen LogP contribution in [0.25, 0.3) is 0 Å². The van der Waals surface area contributed by atoms with Gasteiger partial charge < -0.3 is 14.8 Å². The van der Waals surface area contributed by atoms with Crippen LogP contribution in [-0.4, -0.2) is 25.3 Å². The van der Waals surface area contributed by atoms with E-state index in [0.29, 0.717) is 12.1 Å². The lowest BCUT2D eigenvalue weighted by Crippen LogP contribution is -2.35. The average Bonchev–Trinajstić information content (AvgIpc) is 3.03. The second-order valence-electron chi connectivity index (χ2n) is 6.28. The maximum absolute atomic E-state index is 5.96. The zero-order chi connectivity index (χ0) is 14.3. The highest BCUT2D eigenvalue weighted by Gasteiger charge is 2.16. The van der Waals surface area contributed by atoms with Gasteiger partial charge in [-0.05, 0) is 75.8 Å². The summed E-state index contributed by atoms with van der Waals surface area (Å²) in [7, 11) is 0. The predicted molar refractivity (Wildman–Crippen MR) is 85.1 cm³/mol. The highest BCUT2D eigenvalue weighted by Crippen LogP contribution is 2.25. The Labute approximate surface area is 128 Å². The lowest BCUT2D eigenvalue weighted by Gasteiger charge is -2.23. The van der Waals surface area contributed by atoms with E-state index in [4.69, 9.17) is 9.47 Å². The summed E-state index contributed by atoms with van der Waals surface area (Å²) >= 11 is 0. The molecule has 1 aromatic rings. The SMILES string of the molecule is c1cc(OC2CCCC2)ccc1OCCC1CCCCN1. The zero-order valence-corrected chi connectivity index (χ0v) is 12.9. The van der Waals surface area contributed by atoms with Gasteiger partial charge in [0.05, 0.1) is 12.7 Å². The minimum absolute atomic E-state index is 0.425. The molecule has 3 rings (SSSR count). The summed E-state index contributed by atoms with van der Waals surface area (Å²) in [5.74, 6) is 1.92. The third kappa shape index (κ3) is 4.63. The third-order valence-electron chi connectivity index (χ3n) is 4.58. The lowest BCUT2D eigenvalue weighted by molar-refractivity contribution is 0.209. The van der Waals surface area contributed by atoms with Crippen molar-refractivity contribution in [2.24, 2.45) is 0 Å². The first-order valence-electron chi connectivity index (χ1n) is 8.53. The molecule has 1 aliphatic carbocycles. The monoisotopic (exact) mass is 289 g/mol. The summed E-state index contributed by atoms with van der Waals surface area (Å²) in [6.45, 7) is 1.96.